The van der Waals surface area contributed by atoms with Gasteiger partial charge in [0.1, 0.15) is 0 Å². The number of benzene rings is 21. The third kappa shape index (κ3) is 14.2. The maximum absolute atomic E-state index is 18.1. The van der Waals surface area contributed by atoms with Crippen molar-refractivity contribution >= 4 is 143 Å². The fourth-order valence-electron chi connectivity index (χ4n) is 21.9. The molecule has 0 aromatic heterocycles. The summed E-state index contributed by atoms with van der Waals surface area (Å²) in [5, 5.41) is 0. The molecule has 0 atom stereocenters. The van der Waals surface area contributed by atoms with Crippen LogP contribution in [0.5, 0.6) is 0 Å². The number of para-hydroxylation sites is 9. The molecule has 11 heteroatoms. The molecule has 0 saturated heterocycles. The lowest BCUT2D eigenvalue weighted by Gasteiger charge is -2.47. The van der Waals surface area contributed by atoms with E-state index in [1.807, 2.05) is 42.5 Å². The lowest BCUT2D eigenvalue weighted by molar-refractivity contribution is -0.137. The van der Waals surface area contributed by atoms with E-state index in [9.17, 15) is 0 Å². The molecule has 0 amide bonds. The number of hydrogen-bond donors (Lipinski definition) is 0. The fraction of sp³-hybridized carbons (Fsp3) is 0.00787. The Bertz CT molecular complexity index is 7990. The largest absolute Gasteiger partial charge is 0.418 e. The molecule has 0 unspecified atom stereocenters. The molecule has 4 aliphatic heterocycles. The van der Waals surface area contributed by atoms with Crippen LogP contribution in [0.4, 0.5) is 98.5 Å². The molecule has 0 bridgehead atoms. The van der Waals surface area contributed by atoms with E-state index in [1.165, 1.54) is 6.07 Å². The number of hydrogen-bond acceptors (Lipinski definition) is 6. The first kappa shape index (κ1) is 82.8. The van der Waals surface area contributed by atoms with E-state index >= 15 is 13.2 Å². The van der Waals surface area contributed by atoms with Crippen molar-refractivity contribution in [1.29, 1.82) is 0 Å². The number of nitrogens with zero attached hydrogens (tertiary/aromatic N) is 5. The normalized spacial score (nSPS) is 12.5. The third-order valence-corrected chi connectivity index (χ3v) is 28.8. The van der Waals surface area contributed by atoms with Crippen LogP contribution in [0.15, 0.2) is 519 Å². The molecular weight excluding hydrogens is 1710 g/mol. The molecule has 0 N–H and O–H groups in total. The van der Waals surface area contributed by atoms with Crippen LogP contribution in [0.25, 0.3) is 100 Å². The quantitative estimate of drug-likeness (QED) is 0.0790. The lowest BCUT2D eigenvalue weighted by Crippen LogP contribution is -2.64. The Morgan fingerprint density at radius 1 is 0.196 bits per heavy atom. The Morgan fingerprint density at radius 3 is 0.804 bits per heavy atom. The molecule has 0 aliphatic carbocycles. The molecule has 0 radical (unpaired) electrons. The first-order valence-corrected chi connectivity index (χ1v) is 47.7. The standard InChI is InChI=1S/C127H84B2F3N5S/c130-127(131,132)107-74-42-73-106(93-59-28-9-29-60-93)126(107)137-114-84-118-111(129-109-76-35-37-78-113(109)136(125-104(91-55-24-7-25-56-91)71-41-72-105(125)92-57-26-8-27-58-92)117-81-97(82-119(138-118)121(117)129)134(95-63-32-11-33-64-95)123-100(87-47-16-3-17-48-87)67-39-68-101(123)88-49-18-4-19-50-88)83-110(114)128-108-75-34-36-77-112(108)135(124-102(89-51-20-5-21-52-89)69-40-70-103(124)90-53-22-6-23-54-90)115-79-96(80-116(137)120(115)128)133(94-61-30-10-31-62-94)122-98(85-43-12-1-13-44-85)65-38-66-99(122)86-45-14-2-15-46-86/h1-84H. The van der Waals surface area contributed by atoms with Crippen molar-refractivity contribution in [3.63, 3.8) is 0 Å². The summed E-state index contributed by atoms with van der Waals surface area (Å²) in [6, 6.07) is 180. The van der Waals surface area contributed by atoms with Gasteiger partial charge in [-0.3, -0.25) is 0 Å². The summed E-state index contributed by atoms with van der Waals surface area (Å²) in [6.45, 7) is -1.12. The number of rotatable bonds is 18. The minimum Gasteiger partial charge on any atom is -0.310 e. The van der Waals surface area contributed by atoms with Crippen molar-refractivity contribution in [1.82, 2.24) is 0 Å². The summed E-state index contributed by atoms with van der Waals surface area (Å²) in [7, 11) is 0. The predicted molar refractivity (Wildman–Crippen MR) is 574 cm³/mol. The van der Waals surface area contributed by atoms with E-state index in [-0.39, 0.29) is 5.69 Å². The van der Waals surface area contributed by atoms with E-state index < -0.39 is 25.2 Å². The summed E-state index contributed by atoms with van der Waals surface area (Å²) in [5.41, 5.74) is 34.3. The van der Waals surface area contributed by atoms with Gasteiger partial charge in [0.2, 0.25) is 6.71 Å². The van der Waals surface area contributed by atoms with Crippen LogP contribution in [0.2, 0.25) is 0 Å². The molecule has 0 spiro atoms. The molecule has 4 heterocycles. The van der Waals surface area contributed by atoms with Gasteiger partial charge in [-0.1, -0.05) is 454 Å². The van der Waals surface area contributed by atoms with E-state index in [4.69, 9.17) is 0 Å². The highest BCUT2D eigenvalue weighted by Gasteiger charge is 2.51. The van der Waals surface area contributed by atoms with Crippen LogP contribution in [0.3, 0.4) is 0 Å². The molecule has 21 aromatic carbocycles. The fourth-order valence-corrected chi connectivity index (χ4v) is 23.1. The molecule has 25 rings (SSSR count). The van der Waals surface area contributed by atoms with Crippen molar-refractivity contribution in [2.75, 3.05) is 24.5 Å². The second kappa shape index (κ2) is 34.7. The number of anilines is 15. The molecule has 4 aliphatic rings. The molecule has 21 aromatic rings. The molecule has 0 fully saturated rings. The van der Waals surface area contributed by atoms with Crippen LogP contribution in [0, 0.1) is 0 Å². The van der Waals surface area contributed by atoms with Gasteiger partial charge in [0.05, 0.1) is 39.7 Å². The highest BCUT2D eigenvalue weighted by Crippen LogP contribution is 2.60. The Hall–Kier alpha value is -17.1. The van der Waals surface area contributed by atoms with Crippen LogP contribution in [0.1, 0.15) is 5.56 Å². The average Bonchev–Trinajstić information content (AvgIpc) is 0.679. The number of halogens is 3. The topological polar surface area (TPSA) is 16.2 Å². The minimum atomic E-state index is -4.92. The van der Waals surface area contributed by atoms with Gasteiger partial charge in [0.15, 0.2) is 0 Å². The number of alkyl halides is 3. The van der Waals surface area contributed by atoms with Crippen LogP contribution in [-0.2, 0) is 6.18 Å². The van der Waals surface area contributed by atoms with E-state index in [2.05, 4.69) is 479 Å². The third-order valence-electron chi connectivity index (χ3n) is 27.7. The van der Waals surface area contributed by atoms with E-state index in [0.29, 0.717) is 28.2 Å². The zero-order valence-electron chi connectivity index (χ0n) is 74.9. The van der Waals surface area contributed by atoms with Crippen molar-refractivity contribution in [3.05, 3.63) is 515 Å². The van der Waals surface area contributed by atoms with Gasteiger partial charge in [-0.15, -0.1) is 0 Å². The Balaban J connectivity index is 0.834. The summed E-state index contributed by atoms with van der Waals surface area (Å²) in [6.07, 6.45) is -4.92. The van der Waals surface area contributed by atoms with Crippen LogP contribution < -0.4 is 57.3 Å². The second-order valence-corrected chi connectivity index (χ2v) is 36.5. The predicted octanol–water partition coefficient (Wildman–Crippen LogP) is 31.5. The van der Waals surface area contributed by atoms with E-state index in [1.54, 1.807) is 17.8 Å². The maximum Gasteiger partial charge on any atom is 0.418 e. The van der Waals surface area contributed by atoms with Crippen molar-refractivity contribution in [2.45, 2.75) is 16.0 Å². The van der Waals surface area contributed by atoms with Gasteiger partial charge in [-0.2, -0.15) is 13.2 Å². The zero-order valence-corrected chi connectivity index (χ0v) is 75.7. The Labute approximate surface area is 806 Å². The maximum atomic E-state index is 18.1. The molecule has 5 nitrogen and oxygen atoms in total. The van der Waals surface area contributed by atoms with Crippen molar-refractivity contribution in [2.24, 2.45) is 0 Å². The molecule has 650 valence electrons. The Kier molecular flexibility index (Phi) is 20.8. The van der Waals surface area contributed by atoms with E-state index in [0.717, 1.165) is 194 Å². The SMILES string of the molecule is FC(F)(F)c1cccc(-c2ccccc2)c1N1c2cc3c(cc2B2c4ccccc4N(c4c(-c5ccccc5)cccc4-c4ccccc4)c4cc(N(c5ccccc5)c5c(-c6ccccc6)cccc5-c5ccccc5)cc1c42)B1c2ccccc2N(c2c(-c4ccccc4)cccc2-c2ccccc2)c2cc(N(c4ccccc4)c4c(-c5ccccc5)cccc4-c4ccccc4)cc(c21)S3. The summed E-state index contributed by atoms with van der Waals surface area (Å²) < 4.78 is 54.3. The lowest BCUT2D eigenvalue weighted by atomic mass is 9.31. The first-order valence-electron chi connectivity index (χ1n) is 46.9. The monoisotopic (exact) mass is 1790 g/mol. The van der Waals surface area contributed by atoms with Gasteiger partial charge in [0, 0.05) is 111 Å². The van der Waals surface area contributed by atoms with Crippen molar-refractivity contribution in [3.8, 4) is 100 Å². The van der Waals surface area contributed by atoms with Crippen molar-refractivity contribution < 1.29 is 13.2 Å². The molecule has 0 saturated carbocycles. The molecular formula is C127H84B2F3N5S. The second-order valence-electron chi connectivity index (χ2n) is 35.5. The van der Waals surface area contributed by atoms with Crippen LogP contribution >= 0.6 is 11.8 Å². The van der Waals surface area contributed by atoms with Gasteiger partial charge in [-0.05, 0) is 150 Å². The highest BCUT2D eigenvalue weighted by molar-refractivity contribution is 8.00. The summed E-state index contributed by atoms with van der Waals surface area (Å²) in [4.78, 5) is 13.8. The first-order chi connectivity index (χ1) is 68.2. The summed E-state index contributed by atoms with van der Waals surface area (Å²) >= 11 is 1.70. The van der Waals surface area contributed by atoms with Gasteiger partial charge < -0.3 is 24.5 Å². The Morgan fingerprint density at radius 2 is 0.464 bits per heavy atom. The smallest absolute Gasteiger partial charge is 0.310 e. The average molecular weight is 1790 g/mol. The zero-order chi connectivity index (χ0) is 91.9. The van der Waals surface area contributed by atoms with Crippen LogP contribution in [-0.4, -0.2) is 13.4 Å². The highest BCUT2D eigenvalue weighted by atomic mass is 32.2. The van der Waals surface area contributed by atoms with Gasteiger partial charge >= 0.3 is 6.18 Å². The van der Waals surface area contributed by atoms with Gasteiger partial charge in [0.25, 0.3) is 6.71 Å². The summed E-state index contributed by atoms with van der Waals surface area (Å²) in [5.74, 6) is 0. The molecule has 138 heavy (non-hydrogen) atoms. The van der Waals surface area contributed by atoms with Gasteiger partial charge in [-0.25, -0.2) is 0 Å². The minimum absolute atomic E-state index is 0.00303. The number of fused-ring (bicyclic) bond motifs is 8.